The Balaban J connectivity index is 1.53. The van der Waals surface area contributed by atoms with Gasteiger partial charge in [0.2, 0.25) is 5.91 Å². The van der Waals surface area contributed by atoms with Crippen LogP contribution in [0.1, 0.15) is 12.2 Å². The number of carbonyl (C=O) groups is 2. The number of nitrogens with zero attached hydrogens (tertiary/aromatic N) is 3. The summed E-state index contributed by atoms with van der Waals surface area (Å²) in [6.45, 7) is 6.07. The van der Waals surface area contributed by atoms with Crippen LogP contribution in [0.5, 0.6) is 5.75 Å². The van der Waals surface area contributed by atoms with Gasteiger partial charge < -0.3 is 24.2 Å². The van der Waals surface area contributed by atoms with Crippen LogP contribution in [-0.4, -0.2) is 79.3 Å². The van der Waals surface area contributed by atoms with Crippen molar-refractivity contribution in [3.05, 3.63) is 42.2 Å². The lowest BCUT2D eigenvalue weighted by Gasteiger charge is -2.28. The van der Waals surface area contributed by atoms with E-state index in [1.807, 2.05) is 18.2 Å². The van der Waals surface area contributed by atoms with E-state index in [-0.39, 0.29) is 25.0 Å². The van der Waals surface area contributed by atoms with Crippen LogP contribution in [-0.2, 0) is 14.3 Å². The van der Waals surface area contributed by atoms with Gasteiger partial charge in [-0.1, -0.05) is 23.4 Å². The predicted octanol–water partition coefficient (Wildman–Crippen LogP) is 1.55. The number of morpholine rings is 1. The van der Waals surface area contributed by atoms with Crippen molar-refractivity contribution >= 4 is 17.6 Å². The number of hydrogen-bond acceptors (Lipinski definition) is 7. The summed E-state index contributed by atoms with van der Waals surface area (Å²) < 4.78 is 15.9. The Morgan fingerprint density at radius 2 is 2.00 bits per heavy atom. The van der Waals surface area contributed by atoms with Gasteiger partial charge in [-0.15, -0.1) is 0 Å². The first kappa shape index (κ1) is 21.8. The molecule has 0 spiro atoms. The molecule has 1 aliphatic heterocycles. The van der Waals surface area contributed by atoms with Crippen molar-refractivity contribution in [1.29, 1.82) is 0 Å². The Morgan fingerprint density at radius 1 is 1.23 bits per heavy atom. The molecule has 0 unspecified atom stereocenters. The quantitative estimate of drug-likeness (QED) is 0.628. The van der Waals surface area contributed by atoms with Crippen LogP contribution >= 0.6 is 0 Å². The minimum Gasteiger partial charge on any atom is -0.484 e. The van der Waals surface area contributed by atoms with E-state index in [9.17, 15) is 9.59 Å². The third kappa shape index (κ3) is 7.16. The predicted molar refractivity (Wildman–Crippen MR) is 110 cm³/mol. The van der Waals surface area contributed by atoms with Gasteiger partial charge in [-0.2, -0.15) is 0 Å². The maximum absolute atomic E-state index is 12.7. The lowest BCUT2D eigenvalue weighted by Crippen LogP contribution is -2.43. The number of hydrogen-bond donors (Lipinski definition) is 1. The maximum atomic E-state index is 12.7. The average Bonchev–Trinajstić information content (AvgIpc) is 3.17. The summed E-state index contributed by atoms with van der Waals surface area (Å²) in [7, 11) is 0. The van der Waals surface area contributed by atoms with Crippen LogP contribution in [0, 0.1) is 6.92 Å². The largest absolute Gasteiger partial charge is 0.484 e. The van der Waals surface area contributed by atoms with Gasteiger partial charge in [0.1, 0.15) is 18.1 Å². The van der Waals surface area contributed by atoms with Crippen LogP contribution in [0.25, 0.3) is 0 Å². The number of aromatic nitrogens is 1. The van der Waals surface area contributed by atoms with Crippen LogP contribution < -0.4 is 10.1 Å². The zero-order valence-electron chi connectivity index (χ0n) is 17.2. The van der Waals surface area contributed by atoms with Gasteiger partial charge in [-0.05, 0) is 25.5 Å². The van der Waals surface area contributed by atoms with E-state index in [0.717, 1.165) is 39.3 Å². The van der Waals surface area contributed by atoms with Gasteiger partial charge in [0, 0.05) is 32.2 Å². The first-order valence-electron chi connectivity index (χ1n) is 10.1. The van der Waals surface area contributed by atoms with Gasteiger partial charge >= 0.3 is 0 Å². The van der Waals surface area contributed by atoms with Crippen molar-refractivity contribution in [3.8, 4) is 5.75 Å². The number of rotatable bonds is 10. The Labute approximate surface area is 175 Å². The van der Waals surface area contributed by atoms with Crippen molar-refractivity contribution in [2.24, 2.45) is 0 Å². The molecule has 1 N–H and O–H groups in total. The Morgan fingerprint density at radius 3 is 2.70 bits per heavy atom. The monoisotopic (exact) mass is 416 g/mol. The number of para-hydroxylation sites is 1. The molecule has 162 valence electrons. The van der Waals surface area contributed by atoms with Gasteiger partial charge in [0.15, 0.2) is 12.4 Å². The summed E-state index contributed by atoms with van der Waals surface area (Å²) in [6.07, 6.45) is 0.757. The summed E-state index contributed by atoms with van der Waals surface area (Å²) in [5.41, 5.74) is 0. The SMILES string of the molecule is Cc1cc(NC(=O)CN(CCCN2CCOCC2)C(=O)COc2ccccc2)no1. The number of amides is 2. The van der Waals surface area contributed by atoms with E-state index in [0.29, 0.717) is 23.9 Å². The minimum absolute atomic E-state index is 0.0774. The number of ether oxygens (including phenoxy) is 2. The number of aryl methyl sites for hydroxylation is 1. The van der Waals surface area contributed by atoms with Crippen molar-refractivity contribution in [2.75, 3.05) is 57.9 Å². The highest BCUT2D eigenvalue weighted by atomic mass is 16.5. The molecule has 1 aliphatic rings. The molecule has 1 aromatic carbocycles. The van der Waals surface area contributed by atoms with E-state index in [1.54, 1.807) is 25.1 Å². The fourth-order valence-electron chi connectivity index (χ4n) is 3.14. The first-order valence-corrected chi connectivity index (χ1v) is 10.1. The smallest absolute Gasteiger partial charge is 0.260 e. The van der Waals surface area contributed by atoms with Gasteiger partial charge in [0.05, 0.1) is 13.2 Å². The molecule has 2 amide bonds. The van der Waals surface area contributed by atoms with E-state index >= 15 is 0 Å². The van der Waals surface area contributed by atoms with Gasteiger partial charge in [0.25, 0.3) is 5.91 Å². The second-order valence-electron chi connectivity index (χ2n) is 7.10. The summed E-state index contributed by atoms with van der Waals surface area (Å²) in [4.78, 5) is 29.0. The Bertz CT molecular complexity index is 805. The minimum atomic E-state index is -0.331. The zero-order chi connectivity index (χ0) is 21.2. The zero-order valence-corrected chi connectivity index (χ0v) is 17.2. The van der Waals surface area contributed by atoms with E-state index in [1.165, 1.54) is 4.90 Å². The normalized spacial score (nSPS) is 14.3. The van der Waals surface area contributed by atoms with E-state index in [4.69, 9.17) is 14.0 Å². The lowest BCUT2D eigenvalue weighted by molar-refractivity contribution is -0.136. The molecular weight excluding hydrogens is 388 g/mol. The summed E-state index contributed by atoms with van der Waals surface area (Å²) in [5, 5.41) is 6.41. The van der Waals surface area contributed by atoms with Gasteiger partial charge in [-0.25, -0.2) is 0 Å². The van der Waals surface area contributed by atoms with Crippen LogP contribution in [0.2, 0.25) is 0 Å². The number of carbonyl (C=O) groups excluding carboxylic acids is 2. The first-order chi connectivity index (χ1) is 14.6. The molecule has 0 bridgehead atoms. The third-order valence-corrected chi connectivity index (χ3v) is 4.69. The summed E-state index contributed by atoms with van der Waals surface area (Å²) in [5.74, 6) is 0.968. The molecule has 1 aromatic heterocycles. The molecule has 0 aliphatic carbocycles. The summed E-state index contributed by atoms with van der Waals surface area (Å²) >= 11 is 0. The van der Waals surface area contributed by atoms with Gasteiger partial charge in [-0.3, -0.25) is 14.5 Å². The lowest BCUT2D eigenvalue weighted by atomic mass is 10.3. The second-order valence-corrected chi connectivity index (χ2v) is 7.10. The van der Waals surface area contributed by atoms with Crippen molar-refractivity contribution < 1.29 is 23.6 Å². The van der Waals surface area contributed by atoms with Crippen molar-refractivity contribution in [3.63, 3.8) is 0 Å². The van der Waals surface area contributed by atoms with Crippen molar-refractivity contribution in [2.45, 2.75) is 13.3 Å². The topological polar surface area (TPSA) is 97.1 Å². The molecule has 9 nitrogen and oxygen atoms in total. The molecule has 3 rings (SSSR count). The fourth-order valence-corrected chi connectivity index (χ4v) is 3.14. The second kappa shape index (κ2) is 11.3. The van der Waals surface area contributed by atoms with Crippen LogP contribution in [0.3, 0.4) is 0 Å². The molecular formula is C21H28N4O5. The number of nitrogens with one attached hydrogen (secondary N) is 1. The highest BCUT2D eigenvalue weighted by Crippen LogP contribution is 2.10. The molecule has 30 heavy (non-hydrogen) atoms. The van der Waals surface area contributed by atoms with E-state index < -0.39 is 0 Å². The summed E-state index contributed by atoms with van der Waals surface area (Å²) in [6, 6.07) is 10.8. The molecule has 2 aromatic rings. The molecule has 2 heterocycles. The highest BCUT2D eigenvalue weighted by Gasteiger charge is 2.19. The third-order valence-electron chi connectivity index (χ3n) is 4.69. The van der Waals surface area contributed by atoms with Crippen LogP contribution in [0.15, 0.2) is 40.9 Å². The molecule has 1 fully saturated rings. The van der Waals surface area contributed by atoms with Crippen LogP contribution in [0.4, 0.5) is 5.82 Å². The Hall–Kier alpha value is -2.91. The molecule has 1 saturated heterocycles. The van der Waals surface area contributed by atoms with E-state index in [2.05, 4.69) is 15.4 Å². The average molecular weight is 416 g/mol. The molecule has 0 atom stereocenters. The number of benzene rings is 1. The standard InChI is InChI=1S/C21H28N4O5/c1-17-14-19(23-30-17)22-20(26)15-25(9-5-8-24-10-12-28-13-11-24)21(27)16-29-18-6-3-2-4-7-18/h2-4,6-7,14H,5,8-13,15-16H2,1H3,(H,22,23,26). The van der Waals surface area contributed by atoms with Crippen molar-refractivity contribution in [1.82, 2.24) is 15.0 Å². The molecule has 9 heteroatoms. The molecule has 0 radical (unpaired) electrons. The molecule has 0 saturated carbocycles. The maximum Gasteiger partial charge on any atom is 0.260 e. The fraction of sp³-hybridized carbons (Fsp3) is 0.476. The highest BCUT2D eigenvalue weighted by molar-refractivity contribution is 5.94. The Kier molecular flexibility index (Phi) is 8.22. The number of anilines is 1.